The van der Waals surface area contributed by atoms with E-state index >= 15 is 0 Å². The van der Waals surface area contributed by atoms with E-state index in [2.05, 4.69) is 34.0 Å². The second-order valence-electron chi connectivity index (χ2n) is 6.52. The van der Waals surface area contributed by atoms with Crippen LogP contribution in [-0.2, 0) is 13.0 Å². The number of nitrogens with one attached hydrogen (secondary N) is 1. The maximum absolute atomic E-state index is 12.4. The highest BCUT2D eigenvalue weighted by Gasteiger charge is 2.15. The van der Waals surface area contributed by atoms with Gasteiger partial charge in [0.15, 0.2) is 11.5 Å². The monoisotopic (exact) mass is 370 g/mol. The highest BCUT2D eigenvalue weighted by Crippen LogP contribution is 2.19. The lowest BCUT2D eigenvalue weighted by molar-refractivity contribution is 0.286. The fourth-order valence-electron chi connectivity index (χ4n) is 2.85. The van der Waals surface area contributed by atoms with Crippen LogP contribution < -0.4 is 21.9 Å². The molecule has 8 heteroatoms. The lowest BCUT2D eigenvalue weighted by Crippen LogP contribution is -2.17. The minimum absolute atomic E-state index is 0.193. The first kappa shape index (κ1) is 18.9. The molecule has 144 valence electrons. The normalized spacial score (nSPS) is 11.2. The summed E-state index contributed by atoms with van der Waals surface area (Å²) >= 11 is 0. The Morgan fingerprint density at radius 3 is 2.59 bits per heavy atom. The molecule has 3 rings (SSSR count). The SMILES string of the molecule is CCCCOc1nc(N)c2[nH]c(=O)n(Cc3ccc(CCCN)cc3)c2n1. The number of aromatic nitrogens is 4. The van der Waals surface area contributed by atoms with E-state index in [1.54, 1.807) is 4.57 Å². The predicted octanol–water partition coefficient (Wildman–Crippen LogP) is 1.82. The quantitative estimate of drug-likeness (QED) is 0.493. The zero-order chi connectivity index (χ0) is 19.2. The van der Waals surface area contributed by atoms with Crippen molar-refractivity contribution < 1.29 is 4.74 Å². The highest BCUT2D eigenvalue weighted by atomic mass is 16.5. The van der Waals surface area contributed by atoms with Gasteiger partial charge in [-0.1, -0.05) is 37.6 Å². The lowest BCUT2D eigenvalue weighted by Gasteiger charge is -2.07. The molecule has 0 atom stereocenters. The number of unbranched alkanes of at least 4 members (excludes halogenated alkanes) is 1. The van der Waals surface area contributed by atoms with Gasteiger partial charge < -0.3 is 21.2 Å². The third-order valence-corrected chi connectivity index (χ3v) is 4.39. The molecule has 0 radical (unpaired) electrons. The average Bonchev–Trinajstić information content (AvgIpc) is 2.98. The number of aryl methyl sites for hydroxylation is 1. The van der Waals surface area contributed by atoms with Crippen LogP contribution >= 0.6 is 0 Å². The Hall–Kier alpha value is -2.87. The smallest absolute Gasteiger partial charge is 0.328 e. The Kier molecular flexibility index (Phi) is 6.08. The summed E-state index contributed by atoms with van der Waals surface area (Å²) in [6.07, 6.45) is 3.82. The molecule has 0 saturated carbocycles. The summed E-state index contributed by atoms with van der Waals surface area (Å²) < 4.78 is 7.11. The van der Waals surface area contributed by atoms with Crippen LogP contribution in [0.25, 0.3) is 11.2 Å². The van der Waals surface area contributed by atoms with E-state index < -0.39 is 0 Å². The maximum atomic E-state index is 12.4. The molecule has 0 aliphatic heterocycles. The number of rotatable bonds is 9. The van der Waals surface area contributed by atoms with Crippen molar-refractivity contribution in [2.75, 3.05) is 18.9 Å². The van der Waals surface area contributed by atoms with Crippen molar-refractivity contribution in [3.8, 4) is 6.01 Å². The number of nitrogen functional groups attached to an aromatic ring is 1. The van der Waals surface area contributed by atoms with Gasteiger partial charge in [0.1, 0.15) is 5.52 Å². The minimum atomic E-state index is -0.274. The predicted molar refractivity (Wildman–Crippen MR) is 106 cm³/mol. The van der Waals surface area contributed by atoms with Crippen LogP contribution in [0.15, 0.2) is 29.1 Å². The van der Waals surface area contributed by atoms with Gasteiger partial charge in [-0.3, -0.25) is 4.57 Å². The third-order valence-electron chi connectivity index (χ3n) is 4.39. The van der Waals surface area contributed by atoms with Gasteiger partial charge in [-0.2, -0.15) is 9.97 Å². The molecular formula is C19H26N6O2. The molecular weight excluding hydrogens is 344 g/mol. The summed E-state index contributed by atoms with van der Waals surface area (Å²) in [7, 11) is 0. The van der Waals surface area contributed by atoms with Crippen molar-refractivity contribution in [1.82, 2.24) is 19.5 Å². The van der Waals surface area contributed by atoms with Gasteiger partial charge in [-0.15, -0.1) is 0 Å². The van der Waals surface area contributed by atoms with Crippen LogP contribution in [0.2, 0.25) is 0 Å². The molecule has 0 fully saturated rings. The summed E-state index contributed by atoms with van der Waals surface area (Å²) in [5.41, 5.74) is 14.4. The Morgan fingerprint density at radius 2 is 1.89 bits per heavy atom. The van der Waals surface area contributed by atoms with E-state index in [1.807, 2.05) is 12.1 Å². The van der Waals surface area contributed by atoms with Crippen molar-refractivity contribution in [3.05, 3.63) is 45.9 Å². The first-order valence-corrected chi connectivity index (χ1v) is 9.29. The van der Waals surface area contributed by atoms with Crippen LogP contribution in [0.5, 0.6) is 6.01 Å². The van der Waals surface area contributed by atoms with E-state index in [-0.39, 0.29) is 17.5 Å². The van der Waals surface area contributed by atoms with Gasteiger partial charge in [-0.25, -0.2) is 4.79 Å². The van der Waals surface area contributed by atoms with Gasteiger partial charge in [0, 0.05) is 0 Å². The van der Waals surface area contributed by atoms with Gasteiger partial charge in [-0.05, 0) is 36.9 Å². The first-order valence-electron chi connectivity index (χ1n) is 9.29. The number of fused-ring (bicyclic) bond motifs is 1. The molecule has 1 aromatic carbocycles. The number of H-pyrrole nitrogens is 1. The number of hydrogen-bond acceptors (Lipinski definition) is 6. The van der Waals surface area contributed by atoms with Crippen LogP contribution in [-0.4, -0.2) is 32.7 Å². The lowest BCUT2D eigenvalue weighted by atomic mass is 10.1. The Labute approximate surface area is 157 Å². The van der Waals surface area contributed by atoms with Gasteiger partial charge in [0.05, 0.1) is 13.2 Å². The molecule has 2 aromatic heterocycles. The van der Waals surface area contributed by atoms with Crippen molar-refractivity contribution in [2.24, 2.45) is 5.73 Å². The van der Waals surface area contributed by atoms with Crippen LogP contribution in [0.3, 0.4) is 0 Å². The fourth-order valence-corrected chi connectivity index (χ4v) is 2.85. The van der Waals surface area contributed by atoms with E-state index in [1.165, 1.54) is 5.56 Å². The number of hydrogen-bond donors (Lipinski definition) is 3. The Bertz CT molecular complexity index is 945. The van der Waals surface area contributed by atoms with E-state index in [4.69, 9.17) is 16.2 Å². The maximum Gasteiger partial charge on any atom is 0.328 e. The number of nitrogens with two attached hydrogens (primary N) is 2. The van der Waals surface area contributed by atoms with Crippen molar-refractivity contribution in [2.45, 2.75) is 39.2 Å². The molecule has 8 nitrogen and oxygen atoms in total. The second kappa shape index (κ2) is 8.68. The molecule has 27 heavy (non-hydrogen) atoms. The summed E-state index contributed by atoms with van der Waals surface area (Å²) in [5.74, 6) is 0.208. The summed E-state index contributed by atoms with van der Waals surface area (Å²) in [5, 5.41) is 0. The van der Waals surface area contributed by atoms with E-state index in [0.717, 1.165) is 31.2 Å². The summed E-state index contributed by atoms with van der Waals surface area (Å²) in [6, 6.07) is 8.35. The number of anilines is 1. The first-order chi connectivity index (χ1) is 13.1. The van der Waals surface area contributed by atoms with E-state index in [0.29, 0.717) is 30.9 Å². The second-order valence-corrected chi connectivity index (χ2v) is 6.52. The van der Waals surface area contributed by atoms with Gasteiger partial charge >= 0.3 is 11.7 Å². The zero-order valence-electron chi connectivity index (χ0n) is 15.6. The fraction of sp³-hybridized carbons (Fsp3) is 0.421. The Balaban J connectivity index is 1.86. The largest absolute Gasteiger partial charge is 0.463 e. The van der Waals surface area contributed by atoms with Crippen molar-refractivity contribution >= 4 is 17.0 Å². The van der Waals surface area contributed by atoms with Crippen molar-refractivity contribution in [3.63, 3.8) is 0 Å². The topological polar surface area (TPSA) is 125 Å². The number of imidazole rings is 1. The van der Waals surface area contributed by atoms with Gasteiger partial charge in [0.2, 0.25) is 0 Å². The number of ether oxygens (including phenoxy) is 1. The molecule has 3 aromatic rings. The molecule has 0 bridgehead atoms. The number of aromatic amines is 1. The number of nitrogens with zero attached hydrogens (tertiary/aromatic N) is 3. The Morgan fingerprint density at radius 1 is 1.15 bits per heavy atom. The molecule has 0 unspecified atom stereocenters. The standard InChI is InChI=1S/C19H26N6O2/c1-2-3-11-27-18-23-16(21)15-17(24-18)25(19(26)22-15)12-14-8-6-13(7-9-14)5-4-10-20/h6-9H,2-5,10-12,20H2,1H3,(H,22,26)(H2,21,23,24). The summed E-state index contributed by atoms with van der Waals surface area (Å²) in [6.45, 7) is 3.66. The minimum Gasteiger partial charge on any atom is -0.463 e. The van der Waals surface area contributed by atoms with Crippen LogP contribution in [0, 0.1) is 0 Å². The molecule has 2 heterocycles. The molecule has 5 N–H and O–H groups in total. The highest BCUT2D eigenvalue weighted by molar-refractivity contribution is 5.81. The van der Waals surface area contributed by atoms with Crippen LogP contribution in [0.4, 0.5) is 5.82 Å². The van der Waals surface area contributed by atoms with E-state index in [9.17, 15) is 4.79 Å². The molecule has 0 aliphatic carbocycles. The van der Waals surface area contributed by atoms with Crippen molar-refractivity contribution in [1.29, 1.82) is 0 Å². The average molecular weight is 370 g/mol. The molecule has 0 aliphatic rings. The zero-order valence-corrected chi connectivity index (χ0v) is 15.6. The summed E-state index contributed by atoms with van der Waals surface area (Å²) in [4.78, 5) is 23.7. The number of benzene rings is 1. The molecule has 0 spiro atoms. The van der Waals surface area contributed by atoms with Gasteiger partial charge in [0.25, 0.3) is 0 Å². The third kappa shape index (κ3) is 4.46. The molecule has 0 saturated heterocycles. The van der Waals surface area contributed by atoms with Crippen LogP contribution in [0.1, 0.15) is 37.3 Å². The molecule has 0 amide bonds.